The summed E-state index contributed by atoms with van der Waals surface area (Å²) >= 11 is 0. The Morgan fingerprint density at radius 2 is 0.850 bits per heavy atom. The summed E-state index contributed by atoms with van der Waals surface area (Å²) in [6.45, 7) is 22.3. The van der Waals surface area contributed by atoms with Crippen molar-refractivity contribution in [2.24, 2.45) is 34.5 Å². The second-order valence-electron chi connectivity index (χ2n) is 10.2. The maximum absolute atomic E-state index is 2.75. The van der Waals surface area contributed by atoms with Gasteiger partial charge in [-0.25, -0.2) is 0 Å². The summed E-state index contributed by atoms with van der Waals surface area (Å²) in [5.74, 6) is 4.08. The molecule has 1 aliphatic carbocycles. The van der Waals surface area contributed by atoms with E-state index in [1.54, 1.807) is 0 Å². The Bertz CT molecular complexity index is 299. The summed E-state index contributed by atoms with van der Waals surface area (Å²) in [4.78, 5) is 5.50. The Kier molecular flexibility index (Phi) is 3.49. The van der Waals surface area contributed by atoms with Gasteiger partial charge >= 0.3 is 0 Å². The van der Waals surface area contributed by atoms with Crippen molar-refractivity contribution in [1.82, 2.24) is 9.80 Å². The highest BCUT2D eigenvalue weighted by atomic mass is 15.2. The lowest BCUT2D eigenvalue weighted by atomic mass is 9.60. The van der Waals surface area contributed by atoms with Gasteiger partial charge in [0.25, 0.3) is 0 Å². The van der Waals surface area contributed by atoms with Crippen LogP contribution in [0.15, 0.2) is 0 Å². The number of likely N-dealkylation sites (tertiary alicyclic amines) is 2. The van der Waals surface area contributed by atoms with Crippen molar-refractivity contribution in [2.45, 2.75) is 41.5 Å². The number of hydrogen-bond donors (Lipinski definition) is 0. The fourth-order valence-electron chi connectivity index (χ4n) is 5.15. The molecule has 20 heavy (non-hydrogen) atoms. The zero-order valence-corrected chi connectivity index (χ0v) is 14.4. The lowest BCUT2D eigenvalue weighted by molar-refractivity contribution is 0.0629. The summed E-state index contributed by atoms with van der Waals surface area (Å²) in [5, 5.41) is 0. The largest absolute Gasteiger partial charge is 0.302 e. The van der Waals surface area contributed by atoms with Crippen LogP contribution in [0.25, 0.3) is 0 Å². The smallest absolute Gasteiger partial charge is 0.00303 e. The van der Waals surface area contributed by atoms with E-state index in [-0.39, 0.29) is 0 Å². The monoisotopic (exact) mass is 278 g/mol. The molecule has 2 nitrogen and oxygen atoms in total. The molecule has 2 heterocycles. The molecule has 2 heteroatoms. The van der Waals surface area contributed by atoms with Gasteiger partial charge in [0.1, 0.15) is 0 Å². The molecule has 2 aliphatic heterocycles. The van der Waals surface area contributed by atoms with Gasteiger partial charge < -0.3 is 9.80 Å². The maximum Gasteiger partial charge on any atom is 0.00303 e. The molecule has 0 aromatic carbocycles. The highest BCUT2D eigenvalue weighted by Gasteiger charge is 2.57. The first-order valence-corrected chi connectivity index (χ1v) is 8.57. The first-order chi connectivity index (χ1) is 9.12. The molecule has 0 radical (unpaired) electrons. The lowest BCUT2D eigenvalue weighted by Crippen LogP contribution is -2.44. The molecule has 116 valence electrons. The van der Waals surface area contributed by atoms with Crippen LogP contribution in [0.5, 0.6) is 0 Å². The van der Waals surface area contributed by atoms with Crippen LogP contribution < -0.4 is 0 Å². The van der Waals surface area contributed by atoms with Crippen molar-refractivity contribution < 1.29 is 0 Å². The van der Waals surface area contributed by atoms with Crippen LogP contribution >= 0.6 is 0 Å². The molecule has 0 spiro atoms. The Labute approximate surface area is 125 Å². The van der Waals surface area contributed by atoms with E-state index in [0.29, 0.717) is 10.8 Å². The van der Waals surface area contributed by atoms with Crippen LogP contribution in [0.2, 0.25) is 0 Å². The molecule has 1 saturated carbocycles. The minimum atomic E-state index is 0.456. The number of fused-ring (bicyclic) bond motifs is 4. The average Bonchev–Trinajstić information content (AvgIpc) is 2.73. The molecule has 0 aromatic rings. The van der Waals surface area contributed by atoms with Crippen LogP contribution in [-0.2, 0) is 0 Å². The van der Waals surface area contributed by atoms with Gasteiger partial charge in [-0.05, 0) is 34.5 Å². The molecule has 3 aliphatic rings. The van der Waals surface area contributed by atoms with Crippen molar-refractivity contribution in [1.29, 1.82) is 0 Å². The first kappa shape index (κ1) is 14.8. The topological polar surface area (TPSA) is 6.48 Å². The average molecular weight is 278 g/mol. The fourth-order valence-corrected chi connectivity index (χ4v) is 5.15. The van der Waals surface area contributed by atoms with Gasteiger partial charge in [-0.1, -0.05) is 41.5 Å². The second kappa shape index (κ2) is 4.71. The highest BCUT2D eigenvalue weighted by molar-refractivity contribution is 5.08. The molecule has 0 amide bonds. The van der Waals surface area contributed by atoms with Crippen LogP contribution in [-0.4, -0.2) is 49.1 Å². The van der Waals surface area contributed by atoms with Gasteiger partial charge in [-0.3, -0.25) is 0 Å². The molecule has 3 rings (SSSR count). The first-order valence-electron chi connectivity index (χ1n) is 8.57. The van der Waals surface area contributed by atoms with Crippen LogP contribution in [0.3, 0.4) is 0 Å². The molecule has 3 fully saturated rings. The third-order valence-corrected chi connectivity index (χ3v) is 5.47. The van der Waals surface area contributed by atoms with Gasteiger partial charge in [0, 0.05) is 39.3 Å². The van der Waals surface area contributed by atoms with Gasteiger partial charge in [0.05, 0.1) is 0 Å². The van der Waals surface area contributed by atoms with Gasteiger partial charge in [-0.2, -0.15) is 0 Å². The van der Waals surface area contributed by atoms with Crippen LogP contribution in [0.4, 0.5) is 0 Å². The van der Waals surface area contributed by atoms with E-state index in [2.05, 4.69) is 51.3 Å². The number of rotatable bonds is 2. The Hall–Kier alpha value is -0.0800. The van der Waals surface area contributed by atoms with Gasteiger partial charge in [-0.15, -0.1) is 0 Å². The lowest BCUT2D eigenvalue weighted by Gasteiger charge is -2.43. The molecular formula is C18H34N2. The molecule has 0 aromatic heterocycles. The quantitative estimate of drug-likeness (QED) is 0.765. The summed E-state index contributed by atoms with van der Waals surface area (Å²) < 4.78 is 0. The third-order valence-electron chi connectivity index (χ3n) is 5.47. The summed E-state index contributed by atoms with van der Waals surface area (Å²) in [5.41, 5.74) is 0.911. The van der Waals surface area contributed by atoms with E-state index in [9.17, 15) is 0 Å². The Morgan fingerprint density at radius 1 is 0.600 bits per heavy atom. The second-order valence-corrected chi connectivity index (χ2v) is 10.2. The van der Waals surface area contributed by atoms with E-state index in [1.807, 2.05) is 0 Å². The fraction of sp³-hybridized carbons (Fsp3) is 1.00. The Morgan fingerprint density at radius 3 is 1.05 bits per heavy atom. The van der Waals surface area contributed by atoms with Crippen molar-refractivity contribution >= 4 is 0 Å². The number of nitrogens with zero attached hydrogens (tertiary/aromatic N) is 2. The van der Waals surface area contributed by atoms with Crippen molar-refractivity contribution in [2.75, 3.05) is 39.3 Å². The van der Waals surface area contributed by atoms with E-state index < -0.39 is 0 Å². The summed E-state index contributed by atoms with van der Waals surface area (Å²) in [6, 6.07) is 0. The van der Waals surface area contributed by atoms with E-state index in [0.717, 1.165) is 23.7 Å². The van der Waals surface area contributed by atoms with Gasteiger partial charge in [0.15, 0.2) is 0 Å². The molecule has 0 N–H and O–H groups in total. The van der Waals surface area contributed by atoms with E-state index in [1.165, 1.54) is 39.3 Å². The molecule has 0 bridgehead atoms. The summed E-state index contributed by atoms with van der Waals surface area (Å²) in [7, 11) is 0. The standard InChI is InChI=1S/C18H34N2/c1-17(2,3)11-19-7-13-14(8-19)16-10-20(9-15(13)16)12-18(4,5)6/h13-16H,7-12H2,1-6H3/t13-,14+,15+,16-. The zero-order chi connectivity index (χ0) is 14.7. The van der Waals surface area contributed by atoms with Crippen molar-refractivity contribution in [3.63, 3.8) is 0 Å². The summed E-state index contributed by atoms with van der Waals surface area (Å²) in [6.07, 6.45) is 0. The zero-order valence-electron chi connectivity index (χ0n) is 14.4. The van der Waals surface area contributed by atoms with Crippen LogP contribution in [0, 0.1) is 34.5 Å². The van der Waals surface area contributed by atoms with Crippen molar-refractivity contribution in [3.05, 3.63) is 0 Å². The van der Waals surface area contributed by atoms with E-state index in [4.69, 9.17) is 0 Å². The highest BCUT2D eigenvalue weighted by Crippen LogP contribution is 2.54. The SMILES string of the molecule is CC(C)(C)CN1C[C@H]2[C@@H]3CN(CC(C)(C)C)C[C@@H]3[C@H]2C1. The number of hydrogen-bond acceptors (Lipinski definition) is 2. The van der Waals surface area contributed by atoms with Crippen molar-refractivity contribution in [3.8, 4) is 0 Å². The Balaban J connectivity index is 1.54. The minimum absolute atomic E-state index is 0.456. The normalized spacial score (nSPS) is 38.7. The third kappa shape index (κ3) is 2.92. The van der Waals surface area contributed by atoms with Gasteiger partial charge in [0.2, 0.25) is 0 Å². The maximum atomic E-state index is 2.75. The van der Waals surface area contributed by atoms with Crippen LogP contribution in [0.1, 0.15) is 41.5 Å². The minimum Gasteiger partial charge on any atom is -0.302 e. The molecule has 2 saturated heterocycles. The van der Waals surface area contributed by atoms with E-state index >= 15 is 0 Å². The predicted octanol–water partition coefficient (Wildman–Crippen LogP) is 3.19. The molecular weight excluding hydrogens is 244 g/mol. The molecule has 0 atom stereocenters. The predicted molar refractivity (Wildman–Crippen MR) is 85.8 cm³/mol. The molecule has 0 unspecified atom stereocenters.